The first-order valence-electron chi connectivity index (χ1n) is 5.99. The van der Waals surface area contributed by atoms with Crippen LogP contribution in [-0.4, -0.2) is 27.7 Å². The number of nitrogens with one attached hydrogen (secondary N) is 1. The largest absolute Gasteiger partial charge is 0.478 e. The van der Waals surface area contributed by atoms with Gasteiger partial charge >= 0.3 is 5.97 Å². The third-order valence-corrected chi connectivity index (χ3v) is 3.32. The third kappa shape index (κ3) is 2.63. The molecule has 0 aliphatic carbocycles. The van der Waals surface area contributed by atoms with Crippen molar-refractivity contribution in [2.24, 2.45) is 0 Å². The van der Waals surface area contributed by atoms with E-state index in [1.807, 2.05) is 6.92 Å². The first kappa shape index (κ1) is 13.6. The van der Waals surface area contributed by atoms with E-state index in [1.54, 1.807) is 6.07 Å². The fourth-order valence-corrected chi connectivity index (χ4v) is 2.30. The molecule has 0 aliphatic heterocycles. The van der Waals surface area contributed by atoms with Gasteiger partial charge in [0.1, 0.15) is 0 Å². The number of aromatic nitrogens is 1. The van der Waals surface area contributed by atoms with Crippen molar-refractivity contribution in [3.63, 3.8) is 0 Å². The molecule has 1 aromatic heterocycles. The normalized spacial score (nSPS) is 10.8. The SMILES string of the molecule is Cc1[nH]c2ccc(C(=O)O)cc2c1C(=O)CCCCl. The van der Waals surface area contributed by atoms with Crippen LogP contribution in [0.25, 0.3) is 10.9 Å². The molecule has 0 bridgehead atoms. The lowest BCUT2D eigenvalue weighted by molar-refractivity contribution is 0.0696. The number of fused-ring (bicyclic) bond motifs is 1. The smallest absolute Gasteiger partial charge is 0.335 e. The quantitative estimate of drug-likeness (QED) is 0.651. The second-order valence-corrected chi connectivity index (χ2v) is 4.78. The van der Waals surface area contributed by atoms with Gasteiger partial charge in [-0.2, -0.15) is 0 Å². The summed E-state index contributed by atoms with van der Waals surface area (Å²) in [6, 6.07) is 4.74. The van der Waals surface area contributed by atoms with Crippen molar-refractivity contribution in [2.75, 3.05) is 5.88 Å². The highest BCUT2D eigenvalue weighted by Gasteiger charge is 2.17. The number of benzene rings is 1. The predicted molar refractivity (Wildman–Crippen MR) is 74.3 cm³/mol. The molecular formula is C14H14ClNO3. The van der Waals surface area contributed by atoms with Crippen LogP contribution in [0.3, 0.4) is 0 Å². The molecule has 100 valence electrons. The maximum absolute atomic E-state index is 12.2. The Labute approximate surface area is 115 Å². The topological polar surface area (TPSA) is 70.2 Å². The van der Waals surface area contributed by atoms with Crippen molar-refractivity contribution in [3.8, 4) is 0 Å². The molecule has 1 heterocycles. The van der Waals surface area contributed by atoms with E-state index in [9.17, 15) is 9.59 Å². The Morgan fingerprint density at radius 3 is 2.74 bits per heavy atom. The maximum Gasteiger partial charge on any atom is 0.335 e. The number of carbonyl (C=O) groups excluding carboxylic acids is 1. The number of halogens is 1. The van der Waals surface area contributed by atoms with E-state index >= 15 is 0 Å². The summed E-state index contributed by atoms with van der Waals surface area (Å²) < 4.78 is 0. The van der Waals surface area contributed by atoms with Gasteiger partial charge in [-0.1, -0.05) is 0 Å². The first-order valence-corrected chi connectivity index (χ1v) is 6.53. The Hall–Kier alpha value is -1.81. The molecule has 2 aromatic rings. The molecule has 2 rings (SSSR count). The number of ketones is 1. The van der Waals surface area contributed by atoms with Gasteiger partial charge < -0.3 is 10.1 Å². The second-order valence-electron chi connectivity index (χ2n) is 4.41. The molecule has 1 aromatic carbocycles. The number of aromatic carboxylic acids is 1. The minimum Gasteiger partial charge on any atom is -0.478 e. The number of H-pyrrole nitrogens is 1. The van der Waals surface area contributed by atoms with Gasteiger partial charge in [-0.25, -0.2) is 4.79 Å². The summed E-state index contributed by atoms with van der Waals surface area (Å²) in [5, 5.41) is 9.67. The number of aryl methyl sites for hydroxylation is 1. The lowest BCUT2D eigenvalue weighted by Gasteiger charge is -2.01. The summed E-state index contributed by atoms with van der Waals surface area (Å²) in [5.41, 5.74) is 2.29. The Morgan fingerprint density at radius 1 is 1.37 bits per heavy atom. The highest BCUT2D eigenvalue weighted by molar-refractivity contribution is 6.18. The van der Waals surface area contributed by atoms with Gasteiger partial charge in [0.05, 0.1) is 5.56 Å². The maximum atomic E-state index is 12.2. The number of alkyl halides is 1. The van der Waals surface area contributed by atoms with Gasteiger partial charge in [-0.3, -0.25) is 4.79 Å². The van der Waals surface area contributed by atoms with Crippen LogP contribution in [0.1, 0.15) is 39.3 Å². The molecule has 0 spiro atoms. The second kappa shape index (κ2) is 5.45. The molecule has 0 saturated carbocycles. The van der Waals surface area contributed by atoms with Gasteiger partial charge in [0, 0.05) is 34.5 Å². The molecule has 5 heteroatoms. The lowest BCUT2D eigenvalue weighted by Crippen LogP contribution is -2.01. The minimum atomic E-state index is -1.00. The van der Waals surface area contributed by atoms with Gasteiger partial charge in [0.25, 0.3) is 0 Å². The Bertz CT molecular complexity index is 645. The van der Waals surface area contributed by atoms with Gasteiger partial charge in [-0.15, -0.1) is 11.6 Å². The molecule has 0 fully saturated rings. The van der Waals surface area contributed by atoms with Crippen LogP contribution in [0.5, 0.6) is 0 Å². The number of aromatic amines is 1. The molecule has 19 heavy (non-hydrogen) atoms. The van der Waals surface area contributed by atoms with E-state index in [0.717, 1.165) is 11.2 Å². The summed E-state index contributed by atoms with van der Waals surface area (Å²) in [7, 11) is 0. The number of carboxylic acids is 1. The van der Waals surface area contributed by atoms with E-state index < -0.39 is 5.97 Å². The molecule has 0 aliphatic rings. The van der Waals surface area contributed by atoms with Gasteiger partial charge in [0.15, 0.2) is 5.78 Å². The Kier molecular flexibility index (Phi) is 3.90. The zero-order chi connectivity index (χ0) is 14.0. The van der Waals surface area contributed by atoms with Crippen LogP contribution in [0, 0.1) is 6.92 Å². The van der Waals surface area contributed by atoms with Crippen LogP contribution in [0.2, 0.25) is 0 Å². The highest BCUT2D eigenvalue weighted by atomic mass is 35.5. The third-order valence-electron chi connectivity index (χ3n) is 3.05. The molecular weight excluding hydrogens is 266 g/mol. The fourth-order valence-electron chi connectivity index (χ4n) is 2.17. The Balaban J connectivity index is 2.52. The summed E-state index contributed by atoms with van der Waals surface area (Å²) in [4.78, 5) is 26.3. The van der Waals surface area contributed by atoms with E-state index in [-0.39, 0.29) is 11.3 Å². The van der Waals surface area contributed by atoms with Crippen molar-refractivity contribution in [1.82, 2.24) is 4.98 Å². The summed E-state index contributed by atoms with van der Waals surface area (Å²) in [6.07, 6.45) is 0.986. The molecule has 2 N–H and O–H groups in total. The van der Waals surface area contributed by atoms with Crippen molar-refractivity contribution >= 4 is 34.3 Å². The molecule has 0 saturated heterocycles. The van der Waals surface area contributed by atoms with Crippen LogP contribution in [0.15, 0.2) is 18.2 Å². The van der Waals surface area contributed by atoms with E-state index in [4.69, 9.17) is 16.7 Å². The minimum absolute atomic E-state index is 0.00746. The van der Waals surface area contributed by atoms with Gasteiger partial charge in [-0.05, 0) is 31.5 Å². The molecule has 0 radical (unpaired) electrons. The van der Waals surface area contributed by atoms with Crippen LogP contribution in [-0.2, 0) is 0 Å². The zero-order valence-electron chi connectivity index (χ0n) is 10.5. The summed E-state index contributed by atoms with van der Waals surface area (Å²) in [5.74, 6) is -0.570. The molecule has 0 atom stereocenters. The monoisotopic (exact) mass is 279 g/mol. The first-order chi connectivity index (χ1) is 9.04. The van der Waals surface area contributed by atoms with E-state index in [2.05, 4.69) is 4.98 Å². The zero-order valence-corrected chi connectivity index (χ0v) is 11.3. The number of rotatable bonds is 5. The summed E-state index contributed by atoms with van der Waals surface area (Å²) in [6.45, 7) is 1.81. The predicted octanol–water partition coefficient (Wildman–Crippen LogP) is 3.38. The molecule has 0 amide bonds. The number of carbonyl (C=O) groups is 2. The fraction of sp³-hybridized carbons (Fsp3) is 0.286. The van der Waals surface area contributed by atoms with Crippen molar-refractivity contribution < 1.29 is 14.7 Å². The van der Waals surface area contributed by atoms with Crippen molar-refractivity contribution in [3.05, 3.63) is 35.0 Å². The van der Waals surface area contributed by atoms with Crippen LogP contribution in [0.4, 0.5) is 0 Å². The van der Waals surface area contributed by atoms with Gasteiger partial charge in [0.2, 0.25) is 0 Å². The van der Waals surface area contributed by atoms with Crippen LogP contribution >= 0.6 is 11.6 Å². The van der Waals surface area contributed by atoms with Crippen molar-refractivity contribution in [1.29, 1.82) is 0 Å². The number of hydrogen-bond donors (Lipinski definition) is 2. The Morgan fingerprint density at radius 2 is 2.11 bits per heavy atom. The summed E-state index contributed by atoms with van der Waals surface area (Å²) >= 11 is 5.59. The van der Waals surface area contributed by atoms with E-state index in [1.165, 1.54) is 12.1 Å². The van der Waals surface area contributed by atoms with Crippen molar-refractivity contribution in [2.45, 2.75) is 19.8 Å². The average Bonchev–Trinajstić information content (AvgIpc) is 2.70. The standard InChI is InChI=1S/C14H14ClNO3/c1-8-13(12(17)3-2-6-15)10-7-9(14(18)19)4-5-11(10)16-8/h4-5,7,16H,2-3,6H2,1H3,(H,18,19). The van der Waals surface area contributed by atoms with Crippen LogP contribution < -0.4 is 0 Å². The lowest BCUT2D eigenvalue weighted by atomic mass is 10.0. The van der Waals surface area contributed by atoms with E-state index in [0.29, 0.717) is 29.7 Å². The average molecular weight is 280 g/mol. The highest BCUT2D eigenvalue weighted by Crippen LogP contribution is 2.25. The molecule has 0 unspecified atom stereocenters. The number of Topliss-reactive ketones (excluding diaryl/α,β-unsaturated/α-hetero) is 1. The number of carboxylic acid groups (broad SMARTS) is 1. The number of hydrogen-bond acceptors (Lipinski definition) is 2. The molecule has 4 nitrogen and oxygen atoms in total.